The molecular formula is C26H44N4O5. The van der Waals surface area contributed by atoms with Crippen molar-refractivity contribution in [2.45, 2.75) is 65.3 Å². The molecule has 0 aromatic carbocycles. The largest absolute Gasteiger partial charge is 0.467 e. The molecule has 2 N–H and O–H groups in total. The van der Waals surface area contributed by atoms with Crippen LogP contribution in [0, 0.1) is 5.41 Å². The van der Waals surface area contributed by atoms with E-state index in [-0.39, 0.29) is 12.0 Å². The third kappa shape index (κ3) is 11.3. The molecule has 0 radical (unpaired) electrons. The van der Waals surface area contributed by atoms with E-state index in [0.717, 1.165) is 63.3 Å². The second-order valence-corrected chi connectivity index (χ2v) is 10.3. The van der Waals surface area contributed by atoms with Crippen molar-refractivity contribution in [3.8, 4) is 0 Å². The Hall–Kier alpha value is -2.39. The number of nitrogens with one attached hydrogen (secondary N) is 2. The minimum Gasteiger partial charge on any atom is -0.467 e. The van der Waals surface area contributed by atoms with E-state index in [1.807, 2.05) is 20.8 Å². The highest BCUT2D eigenvalue weighted by molar-refractivity contribution is 5.81. The van der Waals surface area contributed by atoms with Gasteiger partial charge in [-0.15, -0.1) is 0 Å². The van der Waals surface area contributed by atoms with Crippen LogP contribution in [0.3, 0.4) is 0 Å². The first-order valence-electron chi connectivity index (χ1n) is 12.7. The normalized spacial score (nSPS) is 14.1. The number of pyridine rings is 1. The average molecular weight is 493 g/mol. The lowest BCUT2D eigenvalue weighted by atomic mass is 9.99. The zero-order chi connectivity index (χ0) is 25.7. The maximum atomic E-state index is 12.2. The number of anilines is 1. The smallest absolute Gasteiger partial charge is 0.407 e. The van der Waals surface area contributed by atoms with Crippen LogP contribution in [0.15, 0.2) is 12.1 Å². The lowest BCUT2D eigenvalue weighted by Gasteiger charge is -2.25. The van der Waals surface area contributed by atoms with Gasteiger partial charge < -0.3 is 29.7 Å². The maximum absolute atomic E-state index is 12.2. The van der Waals surface area contributed by atoms with Crippen LogP contribution in [-0.2, 0) is 31.8 Å². The summed E-state index contributed by atoms with van der Waals surface area (Å²) in [7, 11) is 3.00. The van der Waals surface area contributed by atoms with Crippen molar-refractivity contribution >= 4 is 17.9 Å². The molecule has 198 valence electrons. The summed E-state index contributed by atoms with van der Waals surface area (Å²) < 4.78 is 15.4. The van der Waals surface area contributed by atoms with Crippen LogP contribution in [0.2, 0.25) is 0 Å². The molecule has 9 heteroatoms. The number of ether oxygens (including phenoxy) is 3. The van der Waals surface area contributed by atoms with Gasteiger partial charge in [-0.05, 0) is 62.1 Å². The molecule has 1 aromatic heterocycles. The highest BCUT2D eigenvalue weighted by atomic mass is 16.6. The molecule has 1 aromatic rings. The van der Waals surface area contributed by atoms with Crippen LogP contribution in [0.1, 0.15) is 57.7 Å². The summed E-state index contributed by atoms with van der Waals surface area (Å²) in [6.07, 6.45) is 5.03. The van der Waals surface area contributed by atoms with Crippen molar-refractivity contribution in [1.82, 2.24) is 15.2 Å². The quantitative estimate of drug-likeness (QED) is 0.301. The molecule has 0 aliphatic carbocycles. The van der Waals surface area contributed by atoms with E-state index in [4.69, 9.17) is 19.2 Å². The molecule has 0 fully saturated rings. The minimum atomic E-state index is -0.760. The number of aryl methyl sites for hydroxylation is 2. The molecular weight excluding hydrogens is 448 g/mol. The van der Waals surface area contributed by atoms with Crippen LogP contribution in [0.4, 0.5) is 10.6 Å². The van der Waals surface area contributed by atoms with Crippen LogP contribution in [0.25, 0.3) is 0 Å². The number of esters is 1. The fourth-order valence-electron chi connectivity index (χ4n) is 3.87. The molecule has 1 aliphatic rings. The number of carbonyl (C=O) groups excluding carboxylic acids is 2. The number of carbonyl (C=O) groups is 2. The third-order valence-corrected chi connectivity index (χ3v) is 5.87. The van der Waals surface area contributed by atoms with E-state index in [2.05, 4.69) is 27.7 Å². The summed E-state index contributed by atoms with van der Waals surface area (Å²) >= 11 is 0. The Kier molecular flexibility index (Phi) is 12.3. The zero-order valence-electron chi connectivity index (χ0n) is 22.2. The molecule has 0 unspecified atom stereocenters. The molecule has 1 aliphatic heterocycles. The van der Waals surface area contributed by atoms with E-state index in [0.29, 0.717) is 19.6 Å². The predicted octanol–water partition coefficient (Wildman–Crippen LogP) is 3.41. The number of hydrogen-bond acceptors (Lipinski definition) is 8. The summed E-state index contributed by atoms with van der Waals surface area (Å²) in [6.45, 7) is 10.0. The van der Waals surface area contributed by atoms with Crippen LogP contribution in [-0.4, -0.2) is 81.6 Å². The van der Waals surface area contributed by atoms with Gasteiger partial charge in [-0.25, -0.2) is 14.6 Å². The second-order valence-electron chi connectivity index (χ2n) is 10.3. The first-order valence-corrected chi connectivity index (χ1v) is 12.7. The summed E-state index contributed by atoms with van der Waals surface area (Å²) in [4.78, 5) is 31.5. The van der Waals surface area contributed by atoms with Gasteiger partial charge in [0.1, 0.15) is 11.9 Å². The minimum absolute atomic E-state index is 0.153. The van der Waals surface area contributed by atoms with Crippen molar-refractivity contribution in [3.63, 3.8) is 0 Å². The second kappa shape index (κ2) is 14.9. The SMILES string of the molecule is COCCN(CCCCc1ccc2c(n1)NCCC2)CC[C@H](NC(=O)OCC(C)(C)C)C(=O)OC. The molecule has 1 atom stereocenters. The Morgan fingerprint density at radius 1 is 1.17 bits per heavy atom. The Bertz CT molecular complexity index is 796. The van der Waals surface area contributed by atoms with E-state index < -0.39 is 18.1 Å². The van der Waals surface area contributed by atoms with Crippen molar-refractivity contribution < 1.29 is 23.8 Å². The Labute approximate surface area is 210 Å². The van der Waals surface area contributed by atoms with Gasteiger partial charge in [0.2, 0.25) is 0 Å². The fraction of sp³-hybridized carbons (Fsp3) is 0.731. The maximum Gasteiger partial charge on any atom is 0.407 e. The number of methoxy groups -OCH3 is 2. The summed E-state index contributed by atoms with van der Waals surface area (Å²) in [5.41, 5.74) is 2.27. The van der Waals surface area contributed by atoms with Gasteiger partial charge in [0, 0.05) is 32.4 Å². The summed E-state index contributed by atoms with van der Waals surface area (Å²) in [5.74, 6) is 0.564. The molecule has 0 spiro atoms. The number of fused-ring (bicyclic) bond motifs is 1. The van der Waals surface area contributed by atoms with Gasteiger partial charge in [-0.2, -0.15) is 0 Å². The molecule has 9 nitrogen and oxygen atoms in total. The monoisotopic (exact) mass is 492 g/mol. The standard InChI is InChI=1S/C26H44N4O5/c1-26(2,3)19-35-25(32)29-22(24(31)34-5)13-16-30(17-18-33-4)15-7-6-10-21-12-11-20-9-8-14-27-23(20)28-21/h11-12,22H,6-10,13-19H2,1-5H3,(H,27,28)(H,29,32)/t22-/m0/s1. The summed E-state index contributed by atoms with van der Waals surface area (Å²) in [6, 6.07) is 3.57. The van der Waals surface area contributed by atoms with Gasteiger partial charge in [0.05, 0.1) is 20.3 Å². The van der Waals surface area contributed by atoms with Crippen LogP contribution < -0.4 is 10.6 Å². The lowest BCUT2D eigenvalue weighted by molar-refractivity contribution is -0.143. The molecule has 0 saturated heterocycles. The Balaban J connectivity index is 1.82. The topological polar surface area (TPSA) is 102 Å². The van der Waals surface area contributed by atoms with E-state index >= 15 is 0 Å². The molecule has 2 rings (SSSR count). The fourth-order valence-corrected chi connectivity index (χ4v) is 3.87. The van der Waals surface area contributed by atoms with E-state index in [9.17, 15) is 9.59 Å². The average Bonchev–Trinajstić information content (AvgIpc) is 2.84. The first kappa shape index (κ1) is 28.8. The van der Waals surface area contributed by atoms with Crippen LogP contribution in [0.5, 0.6) is 0 Å². The highest BCUT2D eigenvalue weighted by Gasteiger charge is 2.24. The molecule has 35 heavy (non-hydrogen) atoms. The number of unbranched alkanes of at least 4 members (excludes halogenated alkanes) is 1. The Morgan fingerprint density at radius 3 is 2.69 bits per heavy atom. The van der Waals surface area contributed by atoms with Gasteiger partial charge in [-0.1, -0.05) is 26.8 Å². The van der Waals surface area contributed by atoms with E-state index in [1.165, 1.54) is 12.7 Å². The number of nitrogens with zero attached hydrogens (tertiary/aromatic N) is 2. The molecule has 0 saturated carbocycles. The number of hydrogen-bond donors (Lipinski definition) is 2. The van der Waals surface area contributed by atoms with Gasteiger partial charge in [0.15, 0.2) is 0 Å². The highest BCUT2D eigenvalue weighted by Crippen LogP contribution is 2.20. The van der Waals surface area contributed by atoms with Crippen molar-refractivity contribution in [2.24, 2.45) is 5.41 Å². The van der Waals surface area contributed by atoms with Gasteiger partial charge in [-0.3, -0.25) is 0 Å². The molecule has 2 heterocycles. The number of rotatable bonds is 14. The number of alkyl carbamates (subject to hydrolysis) is 1. The molecule has 1 amide bonds. The van der Waals surface area contributed by atoms with Crippen molar-refractivity contribution in [3.05, 3.63) is 23.4 Å². The van der Waals surface area contributed by atoms with E-state index in [1.54, 1.807) is 7.11 Å². The van der Waals surface area contributed by atoms with Gasteiger partial charge >= 0.3 is 12.1 Å². The van der Waals surface area contributed by atoms with Crippen molar-refractivity contribution in [2.75, 3.05) is 58.9 Å². The number of aromatic nitrogens is 1. The summed E-state index contributed by atoms with van der Waals surface area (Å²) in [5, 5.41) is 6.05. The zero-order valence-corrected chi connectivity index (χ0v) is 22.2. The van der Waals surface area contributed by atoms with Gasteiger partial charge in [0.25, 0.3) is 0 Å². The number of amides is 1. The molecule has 0 bridgehead atoms. The van der Waals surface area contributed by atoms with Crippen LogP contribution >= 0.6 is 0 Å². The van der Waals surface area contributed by atoms with Crippen molar-refractivity contribution in [1.29, 1.82) is 0 Å². The Morgan fingerprint density at radius 2 is 1.97 bits per heavy atom. The third-order valence-electron chi connectivity index (χ3n) is 5.87. The predicted molar refractivity (Wildman–Crippen MR) is 137 cm³/mol. The first-order chi connectivity index (χ1) is 16.7. The lowest BCUT2D eigenvalue weighted by Crippen LogP contribution is -2.45.